The first-order valence-electron chi connectivity index (χ1n) is 3.51. The Balaban J connectivity index is 2.39. The maximum Gasteiger partial charge on any atom is 0.0755 e. The Hall–Kier alpha value is -0.810. The van der Waals surface area contributed by atoms with Crippen LogP contribution in [0.4, 0.5) is 0 Å². The van der Waals surface area contributed by atoms with Crippen molar-refractivity contribution in [1.29, 1.82) is 0 Å². The molecule has 11 heavy (non-hydrogen) atoms. The molecule has 0 heterocycles. The summed E-state index contributed by atoms with van der Waals surface area (Å²) >= 11 is 0. The second-order valence-electron chi connectivity index (χ2n) is 2.13. The van der Waals surface area contributed by atoms with Crippen molar-refractivity contribution in [2.24, 2.45) is 0 Å². The van der Waals surface area contributed by atoms with Crippen LogP contribution in [-0.2, 0) is 0 Å². The van der Waals surface area contributed by atoms with Gasteiger partial charge in [0.05, 0.1) is 6.26 Å². The number of hydrogen-bond acceptors (Lipinski definition) is 1. The van der Waals surface area contributed by atoms with Gasteiger partial charge in [-0.25, -0.2) is 0 Å². The molecule has 1 unspecified atom stereocenters. The number of hydrogen-bond donors (Lipinski definition) is 1. The van der Waals surface area contributed by atoms with Gasteiger partial charge in [-0.05, 0) is 17.5 Å². The van der Waals surface area contributed by atoms with Crippen molar-refractivity contribution in [3.8, 4) is 0 Å². The monoisotopic (exact) mass is 166 g/mol. The predicted molar refractivity (Wildman–Crippen MR) is 51.0 cm³/mol. The van der Waals surface area contributed by atoms with E-state index in [1.54, 1.807) is 6.08 Å². The largest absolute Gasteiger partial charge is 0.516 e. The van der Waals surface area contributed by atoms with Crippen LogP contribution >= 0.6 is 8.58 Å². The molecular formula is C9H11OP. The van der Waals surface area contributed by atoms with Gasteiger partial charge in [0, 0.05) is 0 Å². The van der Waals surface area contributed by atoms with Crippen LogP contribution in [0.1, 0.15) is 0 Å². The summed E-state index contributed by atoms with van der Waals surface area (Å²) in [5, 5.41) is 9.71. The van der Waals surface area contributed by atoms with Crippen LogP contribution < -0.4 is 5.30 Å². The lowest BCUT2D eigenvalue weighted by Crippen LogP contribution is -1.91. The minimum absolute atomic E-state index is 0.764. The van der Waals surface area contributed by atoms with E-state index in [0.717, 1.165) is 21.0 Å². The normalized spacial score (nSPS) is 11.6. The third-order valence-corrected chi connectivity index (χ3v) is 2.48. The maximum atomic E-state index is 8.37. The summed E-state index contributed by atoms with van der Waals surface area (Å²) in [4.78, 5) is 0. The van der Waals surface area contributed by atoms with E-state index in [-0.39, 0.29) is 0 Å². The molecular weight excluding hydrogens is 155 g/mol. The zero-order valence-electron chi connectivity index (χ0n) is 6.20. The highest BCUT2D eigenvalue weighted by Crippen LogP contribution is 2.08. The van der Waals surface area contributed by atoms with Gasteiger partial charge in [-0.1, -0.05) is 38.9 Å². The molecule has 0 aliphatic carbocycles. The minimum atomic E-state index is 0.764. The van der Waals surface area contributed by atoms with Gasteiger partial charge < -0.3 is 5.11 Å². The smallest absolute Gasteiger partial charge is 0.0755 e. The van der Waals surface area contributed by atoms with Gasteiger partial charge in [-0.3, -0.25) is 0 Å². The van der Waals surface area contributed by atoms with Crippen LogP contribution in [0.3, 0.4) is 0 Å². The summed E-state index contributed by atoms with van der Waals surface area (Å²) in [5.41, 5.74) is 0. The Kier molecular flexibility index (Phi) is 3.71. The molecule has 0 aromatic heterocycles. The van der Waals surface area contributed by atoms with Crippen molar-refractivity contribution in [1.82, 2.24) is 0 Å². The van der Waals surface area contributed by atoms with Gasteiger partial charge in [-0.15, -0.1) is 0 Å². The van der Waals surface area contributed by atoms with Crippen molar-refractivity contribution < 1.29 is 5.11 Å². The second kappa shape index (κ2) is 4.92. The number of rotatable bonds is 3. The van der Waals surface area contributed by atoms with Gasteiger partial charge in [0.1, 0.15) is 0 Å². The molecule has 0 saturated carbocycles. The highest BCUT2D eigenvalue weighted by Gasteiger charge is 1.86. The molecule has 1 rings (SSSR count). The van der Waals surface area contributed by atoms with Crippen molar-refractivity contribution in [2.45, 2.75) is 0 Å². The summed E-state index contributed by atoms with van der Waals surface area (Å²) < 4.78 is 0. The van der Waals surface area contributed by atoms with Gasteiger partial charge in [0.15, 0.2) is 0 Å². The van der Waals surface area contributed by atoms with Crippen LogP contribution in [0.5, 0.6) is 0 Å². The fraction of sp³-hybridized carbons (Fsp3) is 0.111. The lowest BCUT2D eigenvalue weighted by molar-refractivity contribution is 0.473. The first-order chi connectivity index (χ1) is 5.43. The SMILES string of the molecule is OC=CCPc1ccccc1. The number of allylic oxidation sites excluding steroid dienone is 1. The van der Waals surface area contributed by atoms with Crippen LogP contribution in [0, 0.1) is 0 Å². The van der Waals surface area contributed by atoms with Crippen molar-refractivity contribution in [3.05, 3.63) is 42.7 Å². The van der Waals surface area contributed by atoms with Gasteiger partial charge in [0.25, 0.3) is 0 Å². The molecule has 0 aliphatic rings. The van der Waals surface area contributed by atoms with Gasteiger partial charge in [0.2, 0.25) is 0 Å². The third kappa shape index (κ3) is 3.20. The highest BCUT2D eigenvalue weighted by atomic mass is 31.1. The lowest BCUT2D eigenvalue weighted by Gasteiger charge is -1.95. The molecule has 0 saturated heterocycles. The van der Waals surface area contributed by atoms with E-state index in [0.29, 0.717) is 0 Å². The molecule has 0 spiro atoms. The number of aliphatic hydroxyl groups is 1. The van der Waals surface area contributed by atoms with E-state index >= 15 is 0 Å². The van der Waals surface area contributed by atoms with E-state index in [2.05, 4.69) is 12.1 Å². The standard InChI is InChI=1S/C9H11OP/c10-7-4-8-11-9-5-2-1-3-6-9/h1-7,10-11H,8H2. The predicted octanol–water partition coefficient (Wildman–Crippen LogP) is 2.06. The Labute approximate surface area is 68.5 Å². The average Bonchev–Trinajstić information content (AvgIpc) is 2.07. The topological polar surface area (TPSA) is 20.2 Å². The van der Waals surface area contributed by atoms with E-state index < -0.39 is 0 Å². The molecule has 2 heteroatoms. The van der Waals surface area contributed by atoms with Crippen molar-refractivity contribution in [2.75, 3.05) is 6.16 Å². The molecule has 0 bridgehead atoms. The number of aliphatic hydroxyl groups excluding tert-OH is 1. The van der Waals surface area contributed by atoms with Gasteiger partial charge >= 0.3 is 0 Å². The average molecular weight is 166 g/mol. The molecule has 1 atom stereocenters. The Morgan fingerprint density at radius 1 is 1.27 bits per heavy atom. The zero-order valence-corrected chi connectivity index (χ0v) is 7.20. The Morgan fingerprint density at radius 2 is 2.00 bits per heavy atom. The van der Waals surface area contributed by atoms with Crippen LogP contribution in [-0.4, -0.2) is 11.3 Å². The summed E-state index contributed by atoms with van der Waals surface area (Å²) in [5.74, 6) is 0. The van der Waals surface area contributed by atoms with E-state index in [4.69, 9.17) is 5.11 Å². The van der Waals surface area contributed by atoms with Crippen LogP contribution in [0.2, 0.25) is 0 Å². The first-order valence-corrected chi connectivity index (χ1v) is 4.72. The second-order valence-corrected chi connectivity index (χ2v) is 3.47. The quantitative estimate of drug-likeness (QED) is 0.538. The summed E-state index contributed by atoms with van der Waals surface area (Å²) in [6.07, 6.45) is 3.81. The molecule has 0 radical (unpaired) electrons. The zero-order chi connectivity index (χ0) is 7.94. The third-order valence-electron chi connectivity index (χ3n) is 1.30. The fourth-order valence-electron chi connectivity index (χ4n) is 0.785. The van der Waals surface area contributed by atoms with Gasteiger partial charge in [-0.2, -0.15) is 0 Å². The molecule has 58 valence electrons. The van der Waals surface area contributed by atoms with E-state index in [1.807, 2.05) is 18.2 Å². The molecule has 1 N–H and O–H groups in total. The molecule has 0 aliphatic heterocycles. The molecule has 1 nitrogen and oxygen atoms in total. The molecule has 0 fully saturated rings. The van der Waals surface area contributed by atoms with Crippen molar-refractivity contribution in [3.63, 3.8) is 0 Å². The molecule has 0 amide bonds. The Morgan fingerprint density at radius 3 is 2.64 bits per heavy atom. The van der Waals surface area contributed by atoms with Crippen LogP contribution in [0.25, 0.3) is 0 Å². The highest BCUT2D eigenvalue weighted by molar-refractivity contribution is 7.47. The number of benzene rings is 1. The maximum absolute atomic E-state index is 8.37. The van der Waals surface area contributed by atoms with Crippen LogP contribution in [0.15, 0.2) is 42.7 Å². The summed E-state index contributed by atoms with van der Waals surface area (Å²) in [6, 6.07) is 10.3. The molecule has 1 aromatic rings. The molecule has 1 aromatic carbocycles. The summed E-state index contributed by atoms with van der Waals surface area (Å²) in [6.45, 7) is 0. The Bertz CT molecular complexity index is 218. The van der Waals surface area contributed by atoms with E-state index in [1.165, 1.54) is 5.30 Å². The van der Waals surface area contributed by atoms with E-state index in [9.17, 15) is 0 Å². The lowest BCUT2D eigenvalue weighted by atomic mass is 10.4. The van der Waals surface area contributed by atoms with Crippen molar-refractivity contribution >= 4 is 13.9 Å². The fourth-order valence-corrected chi connectivity index (χ4v) is 1.67. The summed E-state index contributed by atoms with van der Waals surface area (Å²) in [7, 11) is 0.764. The minimum Gasteiger partial charge on any atom is -0.516 e. The first kappa shape index (κ1) is 8.29.